The molecule has 0 aromatic heterocycles. The Morgan fingerprint density at radius 3 is 2.50 bits per heavy atom. The van der Waals surface area contributed by atoms with Crippen molar-refractivity contribution in [2.75, 3.05) is 6.54 Å². The van der Waals surface area contributed by atoms with E-state index in [2.05, 4.69) is 18.7 Å². The lowest BCUT2D eigenvalue weighted by Gasteiger charge is -2.35. The summed E-state index contributed by atoms with van der Waals surface area (Å²) in [5, 5.41) is 0. The Morgan fingerprint density at radius 2 is 1.94 bits per heavy atom. The second kappa shape index (κ2) is 6.25. The summed E-state index contributed by atoms with van der Waals surface area (Å²) in [5.74, 6) is 0.752. The number of amides is 1. The number of nitrogens with zero attached hydrogens (tertiary/aromatic N) is 1. The maximum Gasteiger partial charge on any atom is 0.223 e. The molecule has 18 heavy (non-hydrogen) atoms. The molecule has 0 radical (unpaired) electrons. The van der Waals surface area contributed by atoms with E-state index in [4.69, 9.17) is 5.73 Å². The van der Waals surface area contributed by atoms with Crippen LogP contribution in [0.2, 0.25) is 0 Å². The number of nitrogens with two attached hydrogens (primary N) is 1. The Balaban J connectivity index is 0.00000162. The minimum atomic E-state index is 0. The fraction of sp³-hybridized carbons (Fsp3) is 0.929. The third-order valence-corrected chi connectivity index (χ3v) is 4.61. The van der Waals surface area contributed by atoms with Crippen LogP contribution in [0.5, 0.6) is 0 Å². The molecule has 2 atom stereocenters. The average molecular weight is 275 g/mol. The molecule has 0 aromatic carbocycles. The van der Waals surface area contributed by atoms with Crippen molar-refractivity contribution in [2.24, 2.45) is 11.7 Å². The maximum absolute atomic E-state index is 12.3. The second-order valence-electron chi connectivity index (χ2n) is 6.37. The lowest BCUT2D eigenvalue weighted by Crippen LogP contribution is -2.45. The maximum atomic E-state index is 12.3. The van der Waals surface area contributed by atoms with E-state index < -0.39 is 0 Å². The van der Waals surface area contributed by atoms with Crippen molar-refractivity contribution in [3.8, 4) is 0 Å². The molecule has 2 rings (SSSR count). The third-order valence-electron chi connectivity index (χ3n) is 4.61. The first-order chi connectivity index (χ1) is 8.00. The molecule has 2 N–H and O–H groups in total. The topological polar surface area (TPSA) is 46.3 Å². The molecule has 1 saturated carbocycles. The quantitative estimate of drug-likeness (QED) is 0.842. The summed E-state index contributed by atoms with van der Waals surface area (Å²) < 4.78 is 0. The van der Waals surface area contributed by atoms with Gasteiger partial charge in [-0.1, -0.05) is 12.8 Å². The van der Waals surface area contributed by atoms with E-state index in [1.54, 1.807) is 0 Å². The molecule has 0 spiro atoms. The van der Waals surface area contributed by atoms with Crippen LogP contribution in [0.15, 0.2) is 0 Å². The number of hydrogen-bond acceptors (Lipinski definition) is 2. The number of carbonyl (C=O) groups is 1. The second-order valence-corrected chi connectivity index (χ2v) is 6.37. The van der Waals surface area contributed by atoms with E-state index in [1.807, 2.05) is 0 Å². The number of carbonyl (C=O) groups excluding carboxylic acids is 1. The minimum Gasteiger partial charge on any atom is -0.338 e. The largest absolute Gasteiger partial charge is 0.338 e. The van der Waals surface area contributed by atoms with E-state index in [0.717, 1.165) is 32.2 Å². The van der Waals surface area contributed by atoms with Crippen molar-refractivity contribution in [3.05, 3.63) is 0 Å². The average Bonchev–Trinajstić information content (AvgIpc) is 2.61. The van der Waals surface area contributed by atoms with Gasteiger partial charge in [0.1, 0.15) is 0 Å². The van der Waals surface area contributed by atoms with E-state index >= 15 is 0 Å². The van der Waals surface area contributed by atoms with Crippen molar-refractivity contribution in [2.45, 2.75) is 70.4 Å². The van der Waals surface area contributed by atoms with Gasteiger partial charge in [0, 0.05) is 24.5 Å². The summed E-state index contributed by atoms with van der Waals surface area (Å²) in [6.07, 6.45) is 7.67. The predicted octanol–water partition coefficient (Wildman–Crippen LogP) is 2.72. The van der Waals surface area contributed by atoms with Crippen LogP contribution in [0, 0.1) is 5.92 Å². The van der Waals surface area contributed by atoms with Crippen LogP contribution in [0.1, 0.15) is 58.8 Å². The smallest absolute Gasteiger partial charge is 0.223 e. The normalized spacial score (nSPS) is 30.9. The van der Waals surface area contributed by atoms with Gasteiger partial charge in [-0.25, -0.2) is 0 Å². The number of rotatable bonds is 2. The minimum absolute atomic E-state index is 0. The van der Waals surface area contributed by atoms with Gasteiger partial charge in [-0.15, -0.1) is 12.4 Å². The highest BCUT2D eigenvalue weighted by atomic mass is 35.5. The molecular formula is C14H27ClN2O. The van der Waals surface area contributed by atoms with Crippen LogP contribution in [-0.4, -0.2) is 28.9 Å². The van der Waals surface area contributed by atoms with Crippen molar-refractivity contribution in [1.29, 1.82) is 0 Å². The first-order valence-electron chi connectivity index (χ1n) is 7.07. The van der Waals surface area contributed by atoms with Crippen molar-refractivity contribution in [3.63, 3.8) is 0 Å². The lowest BCUT2D eigenvalue weighted by atomic mass is 9.82. The van der Waals surface area contributed by atoms with Gasteiger partial charge in [-0.2, -0.15) is 0 Å². The Bertz CT molecular complexity index is 294. The summed E-state index contributed by atoms with van der Waals surface area (Å²) in [6, 6.07) is 0.249. The summed E-state index contributed by atoms with van der Waals surface area (Å²) in [6.45, 7) is 5.30. The van der Waals surface area contributed by atoms with Gasteiger partial charge in [0.05, 0.1) is 0 Å². The Kier molecular flexibility index (Phi) is 5.47. The van der Waals surface area contributed by atoms with Gasteiger partial charge < -0.3 is 10.6 Å². The van der Waals surface area contributed by atoms with Gasteiger partial charge in [0.2, 0.25) is 5.91 Å². The van der Waals surface area contributed by atoms with Gasteiger partial charge in [-0.05, 0) is 45.4 Å². The van der Waals surface area contributed by atoms with Gasteiger partial charge in [0.15, 0.2) is 0 Å². The van der Waals surface area contributed by atoms with E-state index in [-0.39, 0.29) is 24.0 Å². The van der Waals surface area contributed by atoms with Crippen LogP contribution >= 0.6 is 12.4 Å². The highest BCUT2D eigenvalue weighted by molar-refractivity contribution is 5.85. The molecular weight excluding hydrogens is 248 g/mol. The van der Waals surface area contributed by atoms with E-state index in [0.29, 0.717) is 18.2 Å². The molecule has 1 saturated heterocycles. The fourth-order valence-electron chi connectivity index (χ4n) is 3.39. The van der Waals surface area contributed by atoms with Crippen LogP contribution in [0.4, 0.5) is 0 Å². The number of likely N-dealkylation sites (tertiary alicyclic amines) is 1. The molecule has 2 fully saturated rings. The Labute approximate surface area is 117 Å². The zero-order chi connectivity index (χ0) is 12.5. The van der Waals surface area contributed by atoms with Crippen LogP contribution in [-0.2, 0) is 4.79 Å². The Morgan fingerprint density at radius 1 is 1.28 bits per heavy atom. The van der Waals surface area contributed by atoms with Crippen molar-refractivity contribution >= 4 is 18.3 Å². The van der Waals surface area contributed by atoms with Gasteiger partial charge >= 0.3 is 0 Å². The molecule has 1 aliphatic carbocycles. The third kappa shape index (κ3) is 3.39. The first-order valence-corrected chi connectivity index (χ1v) is 7.07. The Hall–Kier alpha value is -0.280. The molecule has 4 heteroatoms. The van der Waals surface area contributed by atoms with E-state index in [9.17, 15) is 4.79 Å². The standard InChI is InChI=1S/C14H26N2O.ClH/c1-14(2)8-5-9-16(14)13(17)10-11-6-3-4-7-12(11)15;/h11-12H,3-10,15H2,1-2H3;1H. The summed E-state index contributed by atoms with van der Waals surface area (Å²) >= 11 is 0. The van der Waals surface area contributed by atoms with Crippen molar-refractivity contribution in [1.82, 2.24) is 4.90 Å². The van der Waals surface area contributed by atoms with Crippen LogP contribution < -0.4 is 5.73 Å². The predicted molar refractivity (Wildman–Crippen MR) is 76.8 cm³/mol. The summed E-state index contributed by atoms with van der Waals surface area (Å²) in [4.78, 5) is 14.4. The molecule has 0 bridgehead atoms. The highest BCUT2D eigenvalue weighted by Crippen LogP contribution is 2.32. The van der Waals surface area contributed by atoms with Crippen LogP contribution in [0.3, 0.4) is 0 Å². The van der Waals surface area contributed by atoms with Gasteiger partial charge in [-0.3, -0.25) is 4.79 Å². The number of hydrogen-bond donors (Lipinski definition) is 1. The van der Waals surface area contributed by atoms with Crippen molar-refractivity contribution < 1.29 is 4.79 Å². The molecule has 2 aliphatic rings. The molecule has 3 nitrogen and oxygen atoms in total. The molecule has 1 heterocycles. The molecule has 2 unspecified atom stereocenters. The van der Waals surface area contributed by atoms with E-state index in [1.165, 1.54) is 12.8 Å². The first kappa shape index (κ1) is 15.8. The highest BCUT2D eigenvalue weighted by Gasteiger charge is 2.36. The molecule has 0 aromatic rings. The summed E-state index contributed by atoms with van der Waals surface area (Å²) in [7, 11) is 0. The monoisotopic (exact) mass is 274 g/mol. The number of halogens is 1. The summed E-state index contributed by atoms with van der Waals surface area (Å²) in [5.41, 5.74) is 6.19. The van der Waals surface area contributed by atoms with Gasteiger partial charge in [0.25, 0.3) is 0 Å². The fourth-order valence-corrected chi connectivity index (χ4v) is 3.39. The molecule has 1 amide bonds. The van der Waals surface area contributed by atoms with Crippen LogP contribution in [0.25, 0.3) is 0 Å². The zero-order valence-corrected chi connectivity index (χ0v) is 12.5. The lowest BCUT2D eigenvalue weighted by molar-refractivity contribution is -0.135. The molecule has 106 valence electrons. The zero-order valence-electron chi connectivity index (χ0n) is 11.7. The SMILES string of the molecule is CC1(C)CCCN1C(=O)CC1CCCCC1N.Cl. The molecule has 1 aliphatic heterocycles.